The van der Waals surface area contributed by atoms with Crippen LogP contribution < -0.4 is 15.4 Å². The summed E-state index contributed by atoms with van der Waals surface area (Å²) >= 11 is 0. The molecular formula is C21H22N4O2. The SMILES string of the molecule is COc1ccc(CNc2nc(C)cc(C(=O)Nc3ccccc3C)n2)cc1. The molecule has 0 radical (unpaired) electrons. The molecule has 0 fully saturated rings. The number of hydrogen-bond donors (Lipinski definition) is 2. The Morgan fingerprint density at radius 3 is 2.48 bits per heavy atom. The van der Waals surface area contributed by atoms with Gasteiger partial charge in [0.2, 0.25) is 5.95 Å². The van der Waals surface area contributed by atoms with E-state index in [1.165, 1.54) is 0 Å². The van der Waals surface area contributed by atoms with Gasteiger partial charge in [0.15, 0.2) is 0 Å². The molecular weight excluding hydrogens is 340 g/mol. The average molecular weight is 362 g/mol. The van der Waals surface area contributed by atoms with Crippen LogP contribution in [-0.4, -0.2) is 23.0 Å². The van der Waals surface area contributed by atoms with Crippen LogP contribution in [0.25, 0.3) is 0 Å². The maximum Gasteiger partial charge on any atom is 0.274 e. The number of hydrogen-bond acceptors (Lipinski definition) is 5. The Morgan fingerprint density at radius 1 is 1.04 bits per heavy atom. The number of rotatable bonds is 6. The van der Waals surface area contributed by atoms with Crippen LogP contribution in [0, 0.1) is 13.8 Å². The second-order valence-electron chi connectivity index (χ2n) is 6.19. The van der Waals surface area contributed by atoms with E-state index in [2.05, 4.69) is 20.6 Å². The molecule has 3 aromatic rings. The lowest BCUT2D eigenvalue weighted by atomic mass is 10.2. The van der Waals surface area contributed by atoms with Crippen molar-refractivity contribution in [2.45, 2.75) is 20.4 Å². The molecule has 0 bridgehead atoms. The second kappa shape index (κ2) is 8.31. The van der Waals surface area contributed by atoms with Gasteiger partial charge in [0.05, 0.1) is 7.11 Å². The Labute approximate surface area is 158 Å². The third-order valence-corrected chi connectivity index (χ3v) is 4.09. The molecule has 0 saturated heterocycles. The molecule has 1 aromatic heterocycles. The fourth-order valence-electron chi connectivity index (χ4n) is 2.59. The summed E-state index contributed by atoms with van der Waals surface area (Å²) in [7, 11) is 1.64. The smallest absolute Gasteiger partial charge is 0.274 e. The van der Waals surface area contributed by atoms with Crippen LogP contribution >= 0.6 is 0 Å². The highest BCUT2D eigenvalue weighted by Crippen LogP contribution is 2.16. The number of benzene rings is 2. The van der Waals surface area contributed by atoms with E-state index in [0.717, 1.165) is 28.3 Å². The van der Waals surface area contributed by atoms with E-state index < -0.39 is 0 Å². The average Bonchev–Trinajstić information content (AvgIpc) is 2.68. The van der Waals surface area contributed by atoms with E-state index in [-0.39, 0.29) is 5.91 Å². The van der Waals surface area contributed by atoms with Gasteiger partial charge in [0.1, 0.15) is 11.4 Å². The van der Waals surface area contributed by atoms with Crippen LogP contribution in [-0.2, 0) is 6.54 Å². The van der Waals surface area contributed by atoms with Crippen LogP contribution in [0.5, 0.6) is 5.75 Å². The fraction of sp³-hybridized carbons (Fsp3) is 0.190. The fourth-order valence-corrected chi connectivity index (χ4v) is 2.59. The number of amides is 1. The van der Waals surface area contributed by atoms with Crippen molar-refractivity contribution in [3.8, 4) is 5.75 Å². The number of ether oxygens (including phenoxy) is 1. The maximum atomic E-state index is 12.6. The normalized spacial score (nSPS) is 10.3. The number of nitrogens with one attached hydrogen (secondary N) is 2. The molecule has 0 spiro atoms. The Bertz CT molecular complexity index is 939. The van der Waals surface area contributed by atoms with Crippen molar-refractivity contribution in [3.05, 3.63) is 77.1 Å². The van der Waals surface area contributed by atoms with Crippen molar-refractivity contribution < 1.29 is 9.53 Å². The molecule has 138 valence electrons. The number of aryl methyl sites for hydroxylation is 2. The lowest BCUT2D eigenvalue weighted by molar-refractivity contribution is 0.102. The predicted octanol–water partition coefficient (Wildman–Crippen LogP) is 3.97. The van der Waals surface area contributed by atoms with Crippen LogP contribution in [0.1, 0.15) is 27.3 Å². The first-order valence-corrected chi connectivity index (χ1v) is 8.64. The monoisotopic (exact) mass is 362 g/mol. The molecule has 2 N–H and O–H groups in total. The molecule has 2 aromatic carbocycles. The summed E-state index contributed by atoms with van der Waals surface area (Å²) in [6.07, 6.45) is 0. The minimum atomic E-state index is -0.262. The number of carbonyl (C=O) groups is 1. The van der Waals surface area contributed by atoms with E-state index in [1.54, 1.807) is 13.2 Å². The van der Waals surface area contributed by atoms with Crippen molar-refractivity contribution in [1.29, 1.82) is 0 Å². The third kappa shape index (κ3) is 4.82. The van der Waals surface area contributed by atoms with E-state index in [0.29, 0.717) is 18.2 Å². The zero-order valence-electron chi connectivity index (χ0n) is 15.6. The zero-order valence-corrected chi connectivity index (χ0v) is 15.6. The van der Waals surface area contributed by atoms with Gasteiger partial charge >= 0.3 is 0 Å². The highest BCUT2D eigenvalue weighted by molar-refractivity contribution is 6.03. The first-order chi connectivity index (χ1) is 13.0. The number of aromatic nitrogens is 2. The topological polar surface area (TPSA) is 76.1 Å². The van der Waals surface area contributed by atoms with Gasteiger partial charge in [-0.1, -0.05) is 30.3 Å². The van der Waals surface area contributed by atoms with Crippen molar-refractivity contribution in [1.82, 2.24) is 9.97 Å². The molecule has 3 rings (SSSR count). The summed E-state index contributed by atoms with van der Waals surface area (Å²) in [5.41, 5.74) is 3.87. The summed E-state index contributed by atoms with van der Waals surface area (Å²) in [6.45, 7) is 4.33. The van der Waals surface area contributed by atoms with Gasteiger partial charge in [-0.05, 0) is 49.2 Å². The second-order valence-corrected chi connectivity index (χ2v) is 6.19. The molecule has 6 nitrogen and oxygen atoms in total. The van der Waals surface area contributed by atoms with Crippen LogP contribution in [0.4, 0.5) is 11.6 Å². The summed E-state index contributed by atoms with van der Waals surface area (Å²) in [4.78, 5) is 21.3. The molecule has 6 heteroatoms. The first kappa shape index (κ1) is 18.4. The number of methoxy groups -OCH3 is 1. The van der Waals surface area contributed by atoms with Crippen molar-refractivity contribution >= 4 is 17.5 Å². The van der Waals surface area contributed by atoms with Gasteiger partial charge in [0.25, 0.3) is 5.91 Å². The van der Waals surface area contributed by atoms with Crippen LogP contribution in [0.2, 0.25) is 0 Å². The zero-order chi connectivity index (χ0) is 19.2. The molecule has 27 heavy (non-hydrogen) atoms. The summed E-state index contributed by atoms with van der Waals surface area (Å²) in [5, 5.41) is 6.06. The molecule has 0 aliphatic carbocycles. The molecule has 0 saturated carbocycles. The van der Waals surface area contributed by atoms with Gasteiger partial charge in [-0.2, -0.15) is 0 Å². The van der Waals surface area contributed by atoms with Crippen molar-refractivity contribution in [3.63, 3.8) is 0 Å². The molecule has 0 aliphatic rings. The van der Waals surface area contributed by atoms with Crippen molar-refractivity contribution in [2.75, 3.05) is 17.7 Å². The molecule has 0 atom stereocenters. The number of para-hydroxylation sites is 1. The molecule has 1 amide bonds. The molecule has 0 unspecified atom stereocenters. The van der Waals surface area contributed by atoms with Gasteiger partial charge in [0, 0.05) is 17.9 Å². The Hall–Kier alpha value is -3.41. The van der Waals surface area contributed by atoms with E-state index in [4.69, 9.17) is 4.74 Å². The van der Waals surface area contributed by atoms with E-state index in [9.17, 15) is 4.79 Å². The van der Waals surface area contributed by atoms with Gasteiger partial charge in [-0.3, -0.25) is 4.79 Å². The van der Waals surface area contributed by atoms with Crippen molar-refractivity contribution in [2.24, 2.45) is 0 Å². The minimum absolute atomic E-state index is 0.262. The van der Waals surface area contributed by atoms with E-state index in [1.807, 2.05) is 62.4 Å². The predicted molar refractivity (Wildman–Crippen MR) is 106 cm³/mol. The largest absolute Gasteiger partial charge is 0.497 e. The van der Waals surface area contributed by atoms with E-state index >= 15 is 0 Å². The van der Waals surface area contributed by atoms with Gasteiger partial charge in [-0.25, -0.2) is 9.97 Å². The van der Waals surface area contributed by atoms with Crippen LogP contribution in [0.15, 0.2) is 54.6 Å². The quantitative estimate of drug-likeness (QED) is 0.694. The first-order valence-electron chi connectivity index (χ1n) is 8.64. The minimum Gasteiger partial charge on any atom is -0.497 e. The standard InChI is InChI=1S/C21H22N4O2/c1-14-6-4-5-7-18(14)24-20(26)19-12-15(2)23-21(25-19)22-13-16-8-10-17(27-3)11-9-16/h4-12H,13H2,1-3H3,(H,24,26)(H,22,23,25). The van der Waals surface area contributed by atoms with Gasteiger partial charge in [-0.15, -0.1) is 0 Å². The maximum absolute atomic E-state index is 12.6. The molecule has 0 aliphatic heterocycles. The lowest BCUT2D eigenvalue weighted by Gasteiger charge is -2.10. The van der Waals surface area contributed by atoms with Crippen LogP contribution in [0.3, 0.4) is 0 Å². The molecule has 1 heterocycles. The third-order valence-electron chi connectivity index (χ3n) is 4.09. The number of anilines is 2. The highest BCUT2D eigenvalue weighted by Gasteiger charge is 2.12. The Kier molecular flexibility index (Phi) is 5.66. The Morgan fingerprint density at radius 2 is 1.78 bits per heavy atom. The summed E-state index contributed by atoms with van der Waals surface area (Å²) in [5.74, 6) is 0.962. The summed E-state index contributed by atoms with van der Waals surface area (Å²) in [6, 6.07) is 17.0. The number of nitrogens with zero attached hydrogens (tertiary/aromatic N) is 2. The Balaban J connectivity index is 1.71. The number of carbonyl (C=O) groups excluding carboxylic acids is 1. The highest BCUT2D eigenvalue weighted by atomic mass is 16.5. The summed E-state index contributed by atoms with van der Waals surface area (Å²) < 4.78 is 5.16. The lowest BCUT2D eigenvalue weighted by Crippen LogP contribution is -2.16. The van der Waals surface area contributed by atoms with Gasteiger partial charge < -0.3 is 15.4 Å².